The van der Waals surface area contributed by atoms with Crippen LogP contribution in [0.3, 0.4) is 0 Å². The number of thioether (sulfide) groups is 1. The van der Waals surface area contributed by atoms with Crippen molar-refractivity contribution in [1.82, 2.24) is 14.8 Å². The lowest BCUT2D eigenvalue weighted by Gasteiger charge is -2.14. The van der Waals surface area contributed by atoms with Crippen molar-refractivity contribution in [3.8, 4) is 11.4 Å². The van der Waals surface area contributed by atoms with Crippen LogP contribution >= 0.6 is 23.1 Å². The zero-order valence-electron chi connectivity index (χ0n) is 15.9. The molecule has 1 aliphatic rings. The molecule has 0 N–H and O–H groups in total. The van der Waals surface area contributed by atoms with Crippen molar-refractivity contribution in [2.75, 3.05) is 6.61 Å². The molecule has 1 aliphatic heterocycles. The smallest absolute Gasteiger partial charge is 0.191 e. The van der Waals surface area contributed by atoms with E-state index in [1.807, 2.05) is 0 Å². The van der Waals surface area contributed by atoms with Gasteiger partial charge < -0.3 is 4.74 Å². The Morgan fingerprint density at radius 3 is 2.96 bits per heavy atom. The first-order valence-electron chi connectivity index (χ1n) is 9.54. The second kappa shape index (κ2) is 8.59. The summed E-state index contributed by atoms with van der Waals surface area (Å²) < 4.78 is 8.16. The lowest BCUT2D eigenvalue weighted by Crippen LogP contribution is -2.16. The third-order valence-electron chi connectivity index (χ3n) is 4.84. The summed E-state index contributed by atoms with van der Waals surface area (Å²) in [6.07, 6.45) is 3.58. The van der Waals surface area contributed by atoms with Gasteiger partial charge in [-0.1, -0.05) is 48.5 Å². The molecule has 4 nitrogen and oxygen atoms in total. The van der Waals surface area contributed by atoms with Crippen LogP contribution in [0.2, 0.25) is 0 Å². The molecule has 142 valence electrons. The fourth-order valence-electron chi connectivity index (χ4n) is 3.40. The maximum atomic E-state index is 5.89. The van der Waals surface area contributed by atoms with Gasteiger partial charge in [0.1, 0.15) is 0 Å². The van der Waals surface area contributed by atoms with E-state index < -0.39 is 0 Å². The molecule has 27 heavy (non-hydrogen) atoms. The summed E-state index contributed by atoms with van der Waals surface area (Å²) >= 11 is 3.56. The van der Waals surface area contributed by atoms with Crippen LogP contribution in [0.5, 0.6) is 0 Å². The predicted octanol–water partition coefficient (Wildman–Crippen LogP) is 5.35. The average Bonchev–Trinajstić information content (AvgIpc) is 3.41. The van der Waals surface area contributed by atoms with Crippen molar-refractivity contribution >= 4 is 23.1 Å². The minimum Gasteiger partial charge on any atom is -0.376 e. The normalized spacial score (nSPS) is 16.9. The van der Waals surface area contributed by atoms with Crippen LogP contribution in [0.25, 0.3) is 11.4 Å². The third kappa shape index (κ3) is 4.45. The first-order valence-corrected chi connectivity index (χ1v) is 11.4. The second-order valence-electron chi connectivity index (χ2n) is 6.98. The molecular weight excluding hydrogens is 374 g/mol. The molecule has 0 radical (unpaired) electrons. The zero-order valence-corrected chi connectivity index (χ0v) is 17.5. The highest BCUT2D eigenvalue weighted by Crippen LogP contribution is 2.30. The van der Waals surface area contributed by atoms with Gasteiger partial charge in [0.25, 0.3) is 0 Å². The number of thiophene rings is 1. The average molecular weight is 400 g/mol. The molecule has 1 unspecified atom stereocenters. The zero-order chi connectivity index (χ0) is 18.6. The molecule has 2 aromatic heterocycles. The molecule has 1 saturated heterocycles. The minimum absolute atomic E-state index is 0.266. The number of aryl methyl sites for hydroxylation is 2. The van der Waals surface area contributed by atoms with Gasteiger partial charge in [-0.05, 0) is 37.8 Å². The van der Waals surface area contributed by atoms with E-state index >= 15 is 0 Å². The molecule has 1 aromatic carbocycles. The van der Waals surface area contributed by atoms with Gasteiger partial charge in [0.15, 0.2) is 11.0 Å². The topological polar surface area (TPSA) is 39.9 Å². The Labute approximate surface area is 169 Å². The number of hydrogen-bond acceptors (Lipinski definition) is 5. The molecule has 3 aromatic rings. The van der Waals surface area contributed by atoms with E-state index in [1.165, 1.54) is 21.6 Å². The van der Waals surface area contributed by atoms with Gasteiger partial charge in [-0.2, -0.15) is 0 Å². The Morgan fingerprint density at radius 1 is 1.30 bits per heavy atom. The van der Waals surface area contributed by atoms with Gasteiger partial charge in [0.05, 0.1) is 12.6 Å². The van der Waals surface area contributed by atoms with E-state index in [4.69, 9.17) is 4.74 Å². The lowest BCUT2D eigenvalue weighted by atomic mass is 10.2. The lowest BCUT2D eigenvalue weighted by molar-refractivity contribution is 0.0953. The molecule has 1 atom stereocenters. The van der Waals surface area contributed by atoms with Gasteiger partial charge in [-0.25, -0.2) is 0 Å². The number of benzene rings is 1. The van der Waals surface area contributed by atoms with Crippen LogP contribution in [-0.2, 0) is 23.5 Å². The molecular formula is C21H25N3OS2. The summed E-state index contributed by atoms with van der Waals surface area (Å²) in [5.74, 6) is 1.86. The van der Waals surface area contributed by atoms with Gasteiger partial charge in [0, 0.05) is 28.2 Å². The summed E-state index contributed by atoms with van der Waals surface area (Å²) in [6, 6.07) is 10.9. The number of rotatable bonds is 7. The predicted molar refractivity (Wildman–Crippen MR) is 112 cm³/mol. The standard InChI is InChI=1S/C21H25N3OS2/c1-3-19-11-17(14-26-19)20-22-23-21(24(20)12-18-8-5-9-25-18)27-13-16-7-4-6-15(2)10-16/h4,6-7,10-11,14,18H,3,5,8-9,12-13H2,1-2H3. The van der Waals surface area contributed by atoms with Crippen molar-refractivity contribution in [2.45, 2.75) is 56.7 Å². The first kappa shape index (κ1) is 18.7. The number of nitrogens with zero attached hydrogens (tertiary/aromatic N) is 3. The van der Waals surface area contributed by atoms with Crippen LogP contribution < -0.4 is 0 Å². The summed E-state index contributed by atoms with van der Waals surface area (Å²) in [5, 5.41) is 12.3. The molecule has 0 bridgehead atoms. The molecule has 6 heteroatoms. The van der Waals surface area contributed by atoms with Crippen LogP contribution in [0, 0.1) is 6.92 Å². The van der Waals surface area contributed by atoms with Crippen LogP contribution in [-0.4, -0.2) is 27.5 Å². The van der Waals surface area contributed by atoms with Crippen molar-refractivity contribution < 1.29 is 4.74 Å². The number of ether oxygens (including phenoxy) is 1. The molecule has 3 heterocycles. The minimum atomic E-state index is 0.266. The highest BCUT2D eigenvalue weighted by molar-refractivity contribution is 7.98. The van der Waals surface area contributed by atoms with E-state index in [9.17, 15) is 0 Å². The Bertz CT molecular complexity index is 896. The fraction of sp³-hybridized carbons (Fsp3) is 0.429. The molecule has 0 saturated carbocycles. The van der Waals surface area contributed by atoms with E-state index in [1.54, 1.807) is 23.1 Å². The number of aromatic nitrogens is 3. The van der Waals surface area contributed by atoms with E-state index in [0.29, 0.717) is 0 Å². The first-order chi connectivity index (χ1) is 13.2. The van der Waals surface area contributed by atoms with E-state index in [2.05, 4.69) is 64.3 Å². The SMILES string of the molecule is CCc1cc(-c2nnc(SCc3cccc(C)c3)n2CC2CCCO2)cs1. The van der Waals surface area contributed by atoms with Crippen molar-refractivity contribution in [3.63, 3.8) is 0 Å². The van der Waals surface area contributed by atoms with Crippen molar-refractivity contribution in [1.29, 1.82) is 0 Å². The molecule has 4 rings (SSSR count). The number of hydrogen-bond donors (Lipinski definition) is 0. The summed E-state index contributed by atoms with van der Waals surface area (Å²) in [6.45, 7) is 6.02. The van der Waals surface area contributed by atoms with Crippen molar-refractivity contribution in [3.05, 3.63) is 51.7 Å². The Balaban J connectivity index is 1.59. The van der Waals surface area contributed by atoms with Gasteiger partial charge >= 0.3 is 0 Å². The summed E-state index contributed by atoms with van der Waals surface area (Å²) in [7, 11) is 0. The highest BCUT2D eigenvalue weighted by atomic mass is 32.2. The second-order valence-corrected chi connectivity index (χ2v) is 8.92. The largest absolute Gasteiger partial charge is 0.376 e. The molecule has 1 fully saturated rings. The fourth-order valence-corrected chi connectivity index (χ4v) is 5.10. The monoisotopic (exact) mass is 399 g/mol. The summed E-state index contributed by atoms with van der Waals surface area (Å²) in [5.41, 5.74) is 3.78. The quantitative estimate of drug-likeness (QED) is 0.502. The Kier molecular flexibility index (Phi) is 5.95. The van der Waals surface area contributed by atoms with Gasteiger partial charge in [-0.3, -0.25) is 4.57 Å². The summed E-state index contributed by atoms with van der Waals surface area (Å²) in [4.78, 5) is 1.38. The van der Waals surface area contributed by atoms with Crippen molar-refractivity contribution in [2.24, 2.45) is 0 Å². The molecule has 0 spiro atoms. The van der Waals surface area contributed by atoms with E-state index in [0.717, 1.165) is 49.1 Å². The van der Waals surface area contributed by atoms with E-state index in [-0.39, 0.29) is 6.10 Å². The van der Waals surface area contributed by atoms with Crippen LogP contribution in [0.1, 0.15) is 35.8 Å². The van der Waals surface area contributed by atoms with Crippen LogP contribution in [0.15, 0.2) is 40.9 Å². The highest BCUT2D eigenvalue weighted by Gasteiger charge is 2.22. The maximum Gasteiger partial charge on any atom is 0.191 e. The van der Waals surface area contributed by atoms with Crippen LogP contribution in [0.4, 0.5) is 0 Å². The molecule has 0 amide bonds. The maximum absolute atomic E-state index is 5.89. The third-order valence-corrected chi connectivity index (χ3v) is 6.96. The Hall–Kier alpha value is -1.63. The Morgan fingerprint density at radius 2 is 2.22 bits per heavy atom. The van der Waals surface area contributed by atoms with Gasteiger partial charge in [0.2, 0.25) is 0 Å². The van der Waals surface area contributed by atoms with Gasteiger partial charge in [-0.15, -0.1) is 21.5 Å². The molecule has 0 aliphatic carbocycles.